The number of carbonyl (C=O) groups excluding carboxylic acids is 1. The summed E-state index contributed by atoms with van der Waals surface area (Å²) in [5.74, 6) is 1.76. The predicted molar refractivity (Wildman–Crippen MR) is 100 cm³/mol. The smallest absolute Gasteiger partial charge is 0.261 e. The number of ether oxygens (including phenoxy) is 2. The second kappa shape index (κ2) is 8.56. The summed E-state index contributed by atoms with van der Waals surface area (Å²) in [6.07, 6.45) is -0.569. The highest BCUT2D eigenvalue weighted by atomic mass is 16.5. The number of amides is 1. The van der Waals surface area contributed by atoms with Gasteiger partial charge in [0.15, 0.2) is 6.10 Å². The van der Waals surface area contributed by atoms with E-state index in [-0.39, 0.29) is 11.9 Å². The van der Waals surface area contributed by atoms with Crippen LogP contribution in [-0.2, 0) is 4.79 Å². The van der Waals surface area contributed by atoms with Crippen molar-refractivity contribution in [1.82, 2.24) is 5.32 Å². The van der Waals surface area contributed by atoms with E-state index in [1.807, 2.05) is 55.5 Å². The lowest BCUT2D eigenvalue weighted by molar-refractivity contribution is -0.127. The summed E-state index contributed by atoms with van der Waals surface area (Å²) < 4.78 is 11.1. The molecule has 4 heteroatoms. The molecule has 0 saturated carbocycles. The van der Waals surface area contributed by atoms with E-state index in [2.05, 4.69) is 19.2 Å². The summed E-state index contributed by atoms with van der Waals surface area (Å²) in [7, 11) is 1.63. The van der Waals surface area contributed by atoms with Crippen LogP contribution in [0.15, 0.2) is 48.5 Å². The van der Waals surface area contributed by atoms with Crippen LogP contribution in [0.3, 0.4) is 0 Å². The van der Waals surface area contributed by atoms with Crippen LogP contribution >= 0.6 is 0 Å². The van der Waals surface area contributed by atoms with Crippen LogP contribution in [0.5, 0.6) is 11.5 Å². The van der Waals surface area contributed by atoms with E-state index in [0.717, 1.165) is 22.6 Å². The standard InChI is InChI=1S/C21H27NO3/c1-14(2)19-8-6-7-9-20(19)25-16(4)21(23)22-15(3)17-10-12-18(24-5)13-11-17/h6-16H,1-5H3,(H,22,23)/t15-,16-/m0/s1. The number of nitrogens with one attached hydrogen (secondary N) is 1. The zero-order chi connectivity index (χ0) is 18.4. The highest BCUT2D eigenvalue weighted by Crippen LogP contribution is 2.27. The molecule has 4 nitrogen and oxygen atoms in total. The fourth-order valence-electron chi connectivity index (χ4n) is 2.62. The minimum Gasteiger partial charge on any atom is -0.497 e. The van der Waals surface area contributed by atoms with Crippen molar-refractivity contribution in [2.24, 2.45) is 0 Å². The molecule has 0 saturated heterocycles. The van der Waals surface area contributed by atoms with Crippen LogP contribution in [0.25, 0.3) is 0 Å². The molecule has 1 amide bonds. The molecule has 2 aromatic rings. The van der Waals surface area contributed by atoms with Crippen LogP contribution < -0.4 is 14.8 Å². The molecule has 0 aliphatic carbocycles. The topological polar surface area (TPSA) is 47.6 Å². The molecule has 25 heavy (non-hydrogen) atoms. The Morgan fingerprint density at radius 3 is 2.20 bits per heavy atom. The minimum absolute atomic E-state index is 0.107. The average Bonchev–Trinajstić information content (AvgIpc) is 2.61. The molecule has 0 fully saturated rings. The zero-order valence-corrected chi connectivity index (χ0v) is 15.6. The van der Waals surface area contributed by atoms with E-state index in [1.165, 1.54) is 0 Å². The van der Waals surface area contributed by atoms with E-state index < -0.39 is 6.10 Å². The van der Waals surface area contributed by atoms with Crippen LogP contribution in [-0.4, -0.2) is 19.1 Å². The number of hydrogen-bond donors (Lipinski definition) is 1. The number of rotatable bonds is 7. The molecule has 2 aromatic carbocycles. The summed E-state index contributed by atoms with van der Waals surface area (Å²) in [6, 6.07) is 15.4. The molecule has 0 aliphatic heterocycles. The van der Waals surface area contributed by atoms with Gasteiger partial charge in [0, 0.05) is 0 Å². The van der Waals surface area contributed by atoms with Crippen molar-refractivity contribution in [3.63, 3.8) is 0 Å². The maximum absolute atomic E-state index is 12.5. The van der Waals surface area contributed by atoms with Gasteiger partial charge in [-0.2, -0.15) is 0 Å². The Morgan fingerprint density at radius 1 is 0.960 bits per heavy atom. The van der Waals surface area contributed by atoms with Gasteiger partial charge < -0.3 is 14.8 Å². The number of hydrogen-bond acceptors (Lipinski definition) is 3. The normalized spacial score (nSPS) is 13.2. The molecule has 134 valence electrons. The third-order valence-corrected chi connectivity index (χ3v) is 4.19. The molecule has 0 aliphatic rings. The zero-order valence-electron chi connectivity index (χ0n) is 15.6. The first-order chi connectivity index (χ1) is 11.9. The average molecular weight is 341 g/mol. The minimum atomic E-state index is -0.569. The van der Waals surface area contributed by atoms with Gasteiger partial charge in [-0.1, -0.05) is 44.2 Å². The Balaban J connectivity index is 2.00. The molecule has 0 spiro atoms. The van der Waals surface area contributed by atoms with Gasteiger partial charge in [0.25, 0.3) is 5.91 Å². The third-order valence-electron chi connectivity index (χ3n) is 4.19. The Kier molecular flexibility index (Phi) is 6.45. The van der Waals surface area contributed by atoms with E-state index in [4.69, 9.17) is 9.47 Å². The molecular weight excluding hydrogens is 314 g/mol. The van der Waals surface area contributed by atoms with Crippen molar-refractivity contribution in [2.45, 2.75) is 45.8 Å². The highest BCUT2D eigenvalue weighted by Gasteiger charge is 2.19. The lowest BCUT2D eigenvalue weighted by Gasteiger charge is -2.21. The van der Waals surface area contributed by atoms with Crippen molar-refractivity contribution >= 4 is 5.91 Å². The molecule has 1 N–H and O–H groups in total. The largest absolute Gasteiger partial charge is 0.497 e. The van der Waals surface area contributed by atoms with E-state index in [0.29, 0.717) is 5.92 Å². The molecular formula is C21H27NO3. The number of methoxy groups -OCH3 is 1. The summed E-state index contributed by atoms with van der Waals surface area (Å²) in [5, 5.41) is 3.00. The monoisotopic (exact) mass is 341 g/mol. The van der Waals surface area contributed by atoms with Gasteiger partial charge in [-0.15, -0.1) is 0 Å². The predicted octanol–water partition coefficient (Wildman–Crippen LogP) is 4.46. The van der Waals surface area contributed by atoms with Gasteiger partial charge in [0.2, 0.25) is 0 Å². The quantitative estimate of drug-likeness (QED) is 0.808. The van der Waals surface area contributed by atoms with Crippen LogP contribution in [0.2, 0.25) is 0 Å². The fraction of sp³-hybridized carbons (Fsp3) is 0.381. The van der Waals surface area contributed by atoms with Crippen molar-refractivity contribution in [3.8, 4) is 11.5 Å². The highest BCUT2D eigenvalue weighted by molar-refractivity contribution is 5.81. The van der Waals surface area contributed by atoms with Gasteiger partial charge in [-0.25, -0.2) is 0 Å². The molecule has 0 heterocycles. The first-order valence-corrected chi connectivity index (χ1v) is 8.62. The van der Waals surface area contributed by atoms with E-state index in [1.54, 1.807) is 14.0 Å². The Bertz CT molecular complexity index is 695. The van der Waals surface area contributed by atoms with Gasteiger partial charge in [-0.05, 0) is 49.1 Å². The van der Waals surface area contributed by atoms with Crippen molar-refractivity contribution < 1.29 is 14.3 Å². The number of para-hydroxylation sites is 1. The van der Waals surface area contributed by atoms with Gasteiger partial charge in [0.05, 0.1) is 13.2 Å². The Hall–Kier alpha value is -2.49. The summed E-state index contributed by atoms with van der Waals surface area (Å²) in [6.45, 7) is 7.94. The summed E-state index contributed by atoms with van der Waals surface area (Å²) in [5.41, 5.74) is 2.12. The molecule has 0 bridgehead atoms. The lowest BCUT2D eigenvalue weighted by Crippen LogP contribution is -2.37. The lowest BCUT2D eigenvalue weighted by atomic mass is 10.0. The number of benzene rings is 2. The van der Waals surface area contributed by atoms with Gasteiger partial charge in [0.1, 0.15) is 11.5 Å². The fourth-order valence-corrected chi connectivity index (χ4v) is 2.62. The first-order valence-electron chi connectivity index (χ1n) is 8.62. The van der Waals surface area contributed by atoms with Gasteiger partial charge in [-0.3, -0.25) is 4.79 Å². The number of carbonyl (C=O) groups is 1. The van der Waals surface area contributed by atoms with Gasteiger partial charge >= 0.3 is 0 Å². The van der Waals surface area contributed by atoms with Crippen LogP contribution in [0.1, 0.15) is 50.8 Å². The second-order valence-electron chi connectivity index (χ2n) is 6.46. The second-order valence-corrected chi connectivity index (χ2v) is 6.46. The first kappa shape index (κ1) is 18.8. The maximum atomic E-state index is 12.5. The molecule has 0 aromatic heterocycles. The molecule has 0 unspecified atom stereocenters. The van der Waals surface area contributed by atoms with Crippen LogP contribution in [0, 0.1) is 0 Å². The SMILES string of the molecule is COc1ccc([C@H](C)NC(=O)[C@H](C)Oc2ccccc2C(C)C)cc1. The van der Waals surface area contributed by atoms with E-state index >= 15 is 0 Å². The van der Waals surface area contributed by atoms with Crippen molar-refractivity contribution in [1.29, 1.82) is 0 Å². The Morgan fingerprint density at radius 2 is 1.60 bits per heavy atom. The van der Waals surface area contributed by atoms with Crippen molar-refractivity contribution in [3.05, 3.63) is 59.7 Å². The molecule has 2 atom stereocenters. The van der Waals surface area contributed by atoms with Crippen LogP contribution in [0.4, 0.5) is 0 Å². The summed E-state index contributed by atoms with van der Waals surface area (Å²) >= 11 is 0. The summed E-state index contributed by atoms with van der Waals surface area (Å²) in [4.78, 5) is 12.5. The Labute approximate surface area is 150 Å². The molecule has 0 radical (unpaired) electrons. The molecule has 2 rings (SSSR count). The third kappa shape index (κ3) is 4.99. The van der Waals surface area contributed by atoms with Crippen molar-refractivity contribution in [2.75, 3.05) is 7.11 Å². The maximum Gasteiger partial charge on any atom is 0.261 e. The van der Waals surface area contributed by atoms with E-state index in [9.17, 15) is 4.79 Å².